The third-order valence-corrected chi connectivity index (χ3v) is 7.53. The number of imidazole rings is 1. The Hall–Kier alpha value is 0.640. The third-order valence-electron chi connectivity index (χ3n) is 3.81. The Bertz CT molecular complexity index is 1120. The van der Waals surface area contributed by atoms with Crippen molar-refractivity contribution in [3.8, 4) is 0 Å². The molecule has 1 saturated heterocycles. The number of ether oxygens (including phenoxy) is 1. The van der Waals surface area contributed by atoms with Crippen molar-refractivity contribution in [3.05, 3.63) is 12.7 Å². The quantitative estimate of drug-likeness (QED) is 0.0858. The first-order chi connectivity index (χ1) is 14.2. The zero-order valence-corrected chi connectivity index (χ0v) is 23.5. The minimum atomic E-state index is -6.01. The zero-order chi connectivity index (χ0) is 23.2. The molecule has 1 aliphatic rings. The topological polar surface area (TPSA) is 285 Å². The normalized spacial score (nSPS) is 28.2. The average molecular weight is 566 g/mol. The molecule has 2 aromatic heterocycles. The predicted octanol–water partition coefficient (Wildman–Crippen LogP) is -8.89. The molecule has 0 bridgehead atoms. The Kier molecular flexibility index (Phi) is 11.3. The van der Waals surface area contributed by atoms with Gasteiger partial charge in [-0.2, -0.15) is 0 Å². The molecule has 6 unspecified atom stereocenters. The largest absolute Gasteiger partial charge is 1.00 e. The minimum Gasteiger partial charge on any atom is -0.756 e. The Morgan fingerprint density at radius 2 is 1.73 bits per heavy atom. The molecule has 3 heterocycles. The van der Waals surface area contributed by atoms with Crippen LogP contribution in [0.15, 0.2) is 12.7 Å². The standard InChI is InChI=1S/C10H16N5O13P3.2Na/c11-8-5-9(13-2-12-8)15(3-14-5)10-7(17)6(16)4(26-10)1-25-30(21,22)28-31(23,24)27-29(18,19)20;;/h2-4,6-7,10,16-17H,1H2,(H,21,22)(H,23,24)(H2,11,12,13)(H2,18,19,20);;/q;2*+1/p-2/t4?,6-,7?,10?;;/m0../s1/i1+1,2+1,3+1,4+1,5+1,6+1,7+1,8+1,9+1,10+1,11+1,12+1,13+1,14+1,15+1;;. The second-order valence-electron chi connectivity index (χ2n) is 5.97. The molecule has 6 N–H and O–H groups in total. The van der Waals surface area contributed by atoms with Crippen molar-refractivity contribution in [2.24, 2.45) is 0 Å². The summed E-state index contributed by atoms with van der Waals surface area (Å²) in [5.41, 5.74) is 5.97. The summed E-state index contributed by atoms with van der Waals surface area (Å²) >= 11 is 0. The summed E-state index contributed by atoms with van der Waals surface area (Å²) in [5.74, 6) is 0.0322. The second kappa shape index (κ2) is 11.8. The Morgan fingerprint density at radius 3 is 2.33 bits per heavy atom. The van der Waals surface area contributed by atoms with Gasteiger partial charge in [0.1, 0.15) is 30.2 Å². The van der Waals surface area contributed by atoms with Gasteiger partial charge in [0.25, 0.3) is 15.6 Å². The number of rotatable bonds is 8. The molecule has 2 aromatic rings. The fourth-order valence-corrected chi connectivity index (χ4v) is 5.55. The summed E-state index contributed by atoms with van der Waals surface area (Å²) in [6.45, 7) is -1.000. The Labute approximate surface area is 228 Å². The molecule has 0 amide bonds. The third kappa shape index (κ3) is 8.06. The molecular weight excluding hydrogens is 552 g/mol. The van der Waals surface area contributed by atoms with Gasteiger partial charge < -0.3 is 40.3 Å². The van der Waals surface area contributed by atoms with Crippen LogP contribution in [-0.4, -0.2) is 64.4 Å². The van der Waals surface area contributed by atoms with Crippen LogP contribution in [-0.2, 0) is 31.6 Å². The first kappa shape index (κ1) is 31.7. The summed E-state index contributed by atoms with van der Waals surface area (Å²) < 4.78 is 51.0. The summed E-state index contributed by atoms with van der Waals surface area (Å²) in [6.07, 6.45) is -3.81. The zero-order valence-electron chi connectivity index (χ0n) is 16.8. The second-order valence-corrected chi connectivity index (χ2v) is 10.3. The number of nitrogen functional groups attached to an aromatic ring is 1. The van der Waals surface area contributed by atoms with E-state index in [1.165, 1.54) is 10.9 Å². The van der Waals surface area contributed by atoms with Crippen LogP contribution in [0.5, 0.6) is 0 Å². The number of aromatic nitrogens is 4. The average Bonchev–Trinajstić information content (AvgIpc) is 3.13. The van der Waals surface area contributed by atoms with E-state index in [0.717, 1.165) is 6.33 Å². The van der Waals surface area contributed by atoms with E-state index in [4.69, 9.17) is 15.4 Å². The van der Waals surface area contributed by atoms with Crippen molar-refractivity contribution < 1.29 is 120 Å². The first-order valence-corrected chi connectivity index (χ1v) is 12.3. The number of hydrogen-bond acceptors (Lipinski definition) is 15. The van der Waals surface area contributed by atoms with Gasteiger partial charge in [-0.1, -0.05) is 0 Å². The fourth-order valence-electron chi connectivity index (χ4n) is 2.61. The SMILES string of the molecule is [15NH2][13c]1[15n][13cH][15n][13c]2[13c]1[15n][13cH][15n]2[13CH]1O[13CH]([13CH2]OP(=O)(O)OP(=O)([O-])OP(=O)([O-])O)[13C@H](O)[13CH]1O.[Na+].[Na+]. The van der Waals surface area contributed by atoms with Crippen LogP contribution in [0, 0.1) is 0 Å². The Balaban J connectivity index is 0.00000272. The Morgan fingerprint density at radius 1 is 1.09 bits per heavy atom. The first-order valence-electron chi connectivity index (χ1n) is 7.88. The van der Waals surface area contributed by atoms with Gasteiger partial charge >= 0.3 is 66.9 Å². The summed E-state index contributed by atoms with van der Waals surface area (Å²) in [5, 5.41) is 20.4. The van der Waals surface area contributed by atoms with Gasteiger partial charge in [0.05, 0.1) is 12.9 Å². The van der Waals surface area contributed by atoms with E-state index in [9.17, 15) is 38.6 Å². The van der Waals surface area contributed by atoms with Gasteiger partial charge in [-0.3, -0.25) is 18.2 Å². The van der Waals surface area contributed by atoms with E-state index in [2.05, 4.69) is 28.1 Å². The number of phosphoric ester groups is 1. The number of aliphatic hydroxyl groups is 2. The van der Waals surface area contributed by atoms with E-state index in [1.807, 2.05) is 0 Å². The number of nitrogens with zero attached hydrogens (tertiary/aromatic N) is 4. The maximum absolute atomic E-state index is 11.7. The van der Waals surface area contributed by atoms with Gasteiger partial charge in [-0.25, -0.2) is 28.1 Å². The molecular formula is C10H14N5Na2O13P3. The summed E-state index contributed by atoms with van der Waals surface area (Å²) in [6, 6.07) is 0. The van der Waals surface area contributed by atoms with E-state index in [-0.39, 0.29) is 76.1 Å². The van der Waals surface area contributed by atoms with Crippen molar-refractivity contribution in [3.63, 3.8) is 0 Å². The predicted molar refractivity (Wildman–Crippen MR) is 91.0 cm³/mol. The van der Waals surface area contributed by atoms with Gasteiger partial charge in [0, 0.05) is 0 Å². The summed E-state index contributed by atoms with van der Waals surface area (Å²) in [4.78, 5) is 51.0. The van der Waals surface area contributed by atoms with Crippen LogP contribution < -0.4 is 74.6 Å². The van der Waals surface area contributed by atoms with E-state index in [0.29, 0.717) is 0 Å². The maximum Gasteiger partial charge on any atom is 1.00 e. The van der Waals surface area contributed by atoms with Crippen LogP contribution in [0.25, 0.3) is 11.2 Å². The monoisotopic (exact) mass is 566 g/mol. The maximum atomic E-state index is 11.7. The van der Waals surface area contributed by atoms with Crippen LogP contribution in [0.2, 0.25) is 0 Å². The number of nitrogens with two attached hydrogens (primary N) is 1. The molecule has 0 spiro atoms. The van der Waals surface area contributed by atoms with Crippen molar-refractivity contribution in [1.82, 2.24) is 19.5 Å². The molecule has 3 rings (SSSR count). The van der Waals surface area contributed by atoms with Crippen molar-refractivity contribution in [2.45, 2.75) is 24.5 Å². The number of fused-ring (bicyclic) bond motifs is 1. The molecule has 0 radical (unpaired) electrons. The number of aliphatic hydroxyl groups excluding tert-OH is 2. The minimum absolute atomic E-state index is 0. The van der Waals surface area contributed by atoms with Crippen molar-refractivity contribution in [1.29, 1.82) is 0 Å². The van der Waals surface area contributed by atoms with Crippen LogP contribution in [0.1, 0.15) is 6.23 Å². The fraction of sp³-hybridized carbons (Fsp3) is 0.500. The van der Waals surface area contributed by atoms with Crippen molar-refractivity contribution in [2.75, 3.05) is 12.3 Å². The van der Waals surface area contributed by atoms with Gasteiger partial charge in [-0.05, 0) is 0 Å². The molecule has 18 nitrogen and oxygen atoms in total. The van der Waals surface area contributed by atoms with Crippen LogP contribution >= 0.6 is 23.5 Å². The number of hydrogen-bond donors (Lipinski definition) is 5. The smallest absolute Gasteiger partial charge is 0.756 e. The molecule has 174 valence electrons. The van der Waals surface area contributed by atoms with Gasteiger partial charge in [0.2, 0.25) is 0 Å². The van der Waals surface area contributed by atoms with Crippen LogP contribution in [0.4, 0.5) is 5.82 Å². The molecule has 0 aromatic carbocycles. The number of anilines is 1. The summed E-state index contributed by atoms with van der Waals surface area (Å²) in [7, 11) is -17.4. The molecule has 1 fully saturated rings. The van der Waals surface area contributed by atoms with Gasteiger partial charge in [0.15, 0.2) is 17.7 Å². The number of phosphoric acid groups is 3. The molecule has 0 aliphatic carbocycles. The molecule has 1 aliphatic heterocycles. The van der Waals surface area contributed by atoms with E-state index >= 15 is 0 Å². The molecule has 7 atom stereocenters. The van der Waals surface area contributed by atoms with E-state index in [1.54, 1.807) is 0 Å². The van der Waals surface area contributed by atoms with Crippen LogP contribution in [0.3, 0.4) is 0 Å². The van der Waals surface area contributed by atoms with E-state index < -0.39 is 54.6 Å². The van der Waals surface area contributed by atoms with Gasteiger partial charge in [-0.15, -0.1) is 0 Å². The molecule has 23 heteroatoms. The molecule has 0 saturated carbocycles. The van der Waals surface area contributed by atoms with Crippen molar-refractivity contribution >= 4 is 40.4 Å². The molecule has 33 heavy (non-hydrogen) atoms.